The Labute approximate surface area is 79.3 Å². The van der Waals surface area contributed by atoms with E-state index in [9.17, 15) is 9.90 Å². The Morgan fingerprint density at radius 2 is 1.86 bits per heavy atom. The predicted octanol–water partition coefficient (Wildman–Crippen LogP) is -3.46. The van der Waals surface area contributed by atoms with Gasteiger partial charge in [0.05, 0.1) is 6.61 Å². The maximum Gasteiger partial charge on any atom is 0.165 e. The second-order valence-corrected chi connectivity index (χ2v) is 2.54. The Morgan fingerprint density at radius 1 is 1.29 bits per heavy atom. The molecular formula is C6H13NO7. The number of nitrogens with one attached hydrogen (secondary N) is 1. The van der Waals surface area contributed by atoms with Crippen LogP contribution in [0.2, 0.25) is 0 Å². The molecule has 0 amide bonds. The lowest BCUT2D eigenvalue weighted by atomic mass is 10.0. The molecule has 8 heteroatoms. The van der Waals surface area contributed by atoms with Crippen molar-refractivity contribution in [2.45, 2.75) is 24.4 Å². The Bertz CT molecular complexity index is 166. The van der Waals surface area contributed by atoms with Crippen molar-refractivity contribution in [3.05, 3.63) is 0 Å². The number of hydrogen-bond donors (Lipinski definition) is 6. The van der Waals surface area contributed by atoms with Crippen LogP contribution in [-0.4, -0.2) is 62.9 Å². The third-order valence-electron chi connectivity index (χ3n) is 1.59. The summed E-state index contributed by atoms with van der Waals surface area (Å²) < 4.78 is 0. The van der Waals surface area contributed by atoms with Crippen LogP contribution in [0.4, 0.5) is 0 Å². The largest absolute Gasteiger partial charge is 0.394 e. The van der Waals surface area contributed by atoms with Gasteiger partial charge in [-0.1, -0.05) is 5.64 Å². The third-order valence-corrected chi connectivity index (χ3v) is 1.59. The summed E-state index contributed by atoms with van der Waals surface area (Å²) in [6.45, 7) is -0.781. The molecule has 6 N–H and O–H groups in total. The first-order valence-corrected chi connectivity index (χ1v) is 3.73. The zero-order valence-corrected chi connectivity index (χ0v) is 7.15. The number of carbonyl (C=O) groups excluding carboxylic acids is 1. The molecule has 4 atom stereocenters. The number of hydrogen-bond acceptors (Lipinski definition) is 8. The highest BCUT2D eigenvalue weighted by Crippen LogP contribution is 2.05. The monoisotopic (exact) mass is 211 g/mol. The zero-order valence-electron chi connectivity index (χ0n) is 7.15. The first-order chi connectivity index (χ1) is 6.58. The lowest BCUT2D eigenvalue weighted by Crippen LogP contribution is -2.48. The molecule has 0 saturated heterocycles. The van der Waals surface area contributed by atoms with Crippen LogP contribution < -0.4 is 5.64 Å². The van der Waals surface area contributed by atoms with Crippen LogP contribution in [-0.2, 0) is 9.63 Å². The zero-order chi connectivity index (χ0) is 11.1. The first kappa shape index (κ1) is 13.4. The molecule has 0 rings (SSSR count). The molecule has 0 bridgehead atoms. The average Bonchev–Trinajstić information content (AvgIpc) is 2.22. The standard InChI is InChI=1S/C6H13NO7/c8-1-3(10)5(11)6(12)4(2-9)14-7-13/h2-8,10-13H,1H2/t3-,4+,5+,6-/m1/s1. The van der Waals surface area contributed by atoms with E-state index in [1.807, 2.05) is 0 Å². The van der Waals surface area contributed by atoms with Crippen molar-refractivity contribution in [1.29, 1.82) is 0 Å². The van der Waals surface area contributed by atoms with E-state index in [0.717, 1.165) is 5.64 Å². The normalized spacial score (nSPS) is 19.8. The van der Waals surface area contributed by atoms with Gasteiger partial charge in [0, 0.05) is 0 Å². The molecule has 0 aromatic rings. The number of carbonyl (C=O) groups is 1. The van der Waals surface area contributed by atoms with Crippen molar-refractivity contribution in [3.63, 3.8) is 0 Å². The quantitative estimate of drug-likeness (QED) is 0.189. The summed E-state index contributed by atoms with van der Waals surface area (Å²) >= 11 is 0. The Balaban J connectivity index is 4.25. The lowest BCUT2D eigenvalue weighted by molar-refractivity contribution is -0.204. The molecule has 0 aliphatic carbocycles. The smallest absolute Gasteiger partial charge is 0.165 e. The summed E-state index contributed by atoms with van der Waals surface area (Å²) in [6.07, 6.45) is -6.58. The molecular weight excluding hydrogens is 198 g/mol. The van der Waals surface area contributed by atoms with Crippen molar-refractivity contribution in [3.8, 4) is 0 Å². The van der Waals surface area contributed by atoms with Gasteiger partial charge in [-0.15, -0.1) is 0 Å². The molecule has 0 aromatic carbocycles. The van der Waals surface area contributed by atoms with E-state index in [1.165, 1.54) is 0 Å². The van der Waals surface area contributed by atoms with Crippen LogP contribution in [0.15, 0.2) is 0 Å². The van der Waals surface area contributed by atoms with Crippen molar-refractivity contribution >= 4 is 6.29 Å². The minimum atomic E-state index is -1.77. The van der Waals surface area contributed by atoms with E-state index in [4.69, 9.17) is 20.5 Å². The fourth-order valence-electron chi connectivity index (χ4n) is 0.769. The summed E-state index contributed by atoms with van der Waals surface area (Å²) in [6, 6.07) is 0. The maximum absolute atomic E-state index is 10.3. The fraction of sp³-hybridized carbons (Fsp3) is 0.833. The van der Waals surface area contributed by atoms with Gasteiger partial charge < -0.3 is 25.2 Å². The van der Waals surface area contributed by atoms with Crippen LogP contribution in [0.3, 0.4) is 0 Å². The summed E-state index contributed by atoms with van der Waals surface area (Å²) in [7, 11) is 0. The highest BCUT2D eigenvalue weighted by atomic mass is 16.8. The summed E-state index contributed by atoms with van der Waals surface area (Å²) in [5, 5.41) is 43.7. The van der Waals surface area contributed by atoms with Crippen LogP contribution >= 0.6 is 0 Å². The van der Waals surface area contributed by atoms with Crippen LogP contribution in [0.5, 0.6) is 0 Å². The molecule has 14 heavy (non-hydrogen) atoms. The van der Waals surface area contributed by atoms with Crippen molar-refractivity contribution < 1.29 is 35.3 Å². The van der Waals surface area contributed by atoms with E-state index >= 15 is 0 Å². The molecule has 0 unspecified atom stereocenters. The molecule has 0 fully saturated rings. The van der Waals surface area contributed by atoms with Crippen molar-refractivity contribution in [2.75, 3.05) is 6.61 Å². The van der Waals surface area contributed by atoms with E-state index in [1.54, 1.807) is 0 Å². The molecule has 0 radical (unpaired) electrons. The predicted molar refractivity (Wildman–Crippen MR) is 41.0 cm³/mol. The Hall–Kier alpha value is -0.610. The number of rotatable bonds is 7. The molecule has 0 aliphatic heterocycles. The molecule has 0 heterocycles. The first-order valence-electron chi connectivity index (χ1n) is 3.73. The maximum atomic E-state index is 10.3. The Kier molecular flexibility index (Phi) is 6.49. The van der Waals surface area contributed by atoms with E-state index in [0.29, 0.717) is 0 Å². The highest BCUT2D eigenvalue weighted by Gasteiger charge is 2.31. The van der Waals surface area contributed by atoms with E-state index < -0.39 is 31.0 Å². The average molecular weight is 211 g/mol. The topological polar surface area (TPSA) is 139 Å². The van der Waals surface area contributed by atoms with Crippen LogP contribution in [0.1, 0.15) is 0 Å². The lowest BCUT2D eigenvalue weighted by Gasteiger charge is -2.24. The third kappa shape index (κ3) is 3.64. The van der Waals surface area contributed by atoms with Gasteiger partial charge in [0.2, 0.25) is 0 Å². The highest BCUT2D eigenvalue weighted by molar-refractivity contribution is 5.57. The Morgan fingerprint density at radius 3 is 2.21 bits per heavy atom. The van der Waals surface area contributed by atoms with Gasteiger partial charge in [-0.25, -0.2) is 0 Å². The molecule has 8 nitrogen and oxygen atoms in total. The molecule has 0 saturated carbocycles. The van der Waals surface area contributed by atoms with Crippen molar-refractivity contribution in [1.82, 2.24) is 5.64 Å². The molecule has 0 aliphatic rings. The number of aliphatic hydroxyl groups is 4. The summed E-state index contributed by atoms with van der Waals surface area (Å²) in [5.41, 5.74) is 1.16. The second-order valence-electron chi connectivity index (χ2n) is 2.54. The van der Waals surface area contributed by atoms with Gasteiger partial charge in [0.15, 0.2) is 12.4 Å². The SMILES string of the molecule is O=C[C@H](ONO)[C@@H](O)[C@@H](O)[C@H](O)CO. The fourth-order valence-corrected chi connectivity index (χ4v) is 0.769. The van der Waals surface area contributed by atoms with Gasteiger partial charge in [0.1, 0.15) is 18.3 Å². The van der Waals surface area contributed by atoms with Crippen LogP contribution in [0, 0.1) is 0 Å². The number of aldehydes is 1. The molecule has 0 spiro atoms. The van der Waals surface area contributed by atoms with Gasteiger partial charge >= 0.3 is 0 Å². The van der Waals surface area contributed by atoms with Crippen LogP contribution in [0.25, 0.3) is 0 Å². The second kappa shape index (κ2) is 6.79. The number of aliphatic hydroxyl groups excluding tert-OH is 4. The van der Waals surface area contributed by atoms with E-state index in [2.05, 4.69) is 4.84 Å². The van der Waals surface area contributed by atoms with Gasteiger partial charge in [0.25, 0.3) is 0 Å². The molecule has 84 valence electrons. The summed E-state index contributed by atoms with van der Waals surface area (Å²) in [5.74, 6) is 0. The summed E-state index contributed by atoms with van der Waals surface area (Å²) in [4.78, 5) is 14.4. The van der Waals surface area contributed by atoms with Gasteiger partial charge in [-0.2, -0.15) is 0 Å². The van der Waals surface area contributed by atoms with Gasteiger partial charge in [-0.3, -0.25) is 10.0 Å². The van der Waals surface area contributed by atoms with E-state index in [-0.39, 0.29) is 6.29 Å². The minimum Gasteiger partial charge on any atom is -0.394 e. The van der Waals surface area contributed by atoms with Gasteiger partial charge in [-0.05, 0) is 0 Å². The van der Waals surface area contributed by atoms with Crippen molar-refractivity contribution in [2.24, 2.45) is 0 Å². The minimum absolute atomic E-state index is 0.112. The molecule has 0 aromatic heterocycles.